The van der Waals surface area contributed by atoms with Crippen molar-refractivity contribution < 1.29 is 0 Å². The molecule has 0 unspecified atom stereocenters. The third-order valence-corrected chi connectivity index (χ3v) is 11.6. The summed E-state index contributed by atoms with van der Waals surface area (Å²) in [5.41, 5.74) is 6.14. The van der Waals surface area contributed by atoms with Crippen molar-refractivity contribution in [2.45, 2.75) is 97.7 Å². The van der Waals surface area contributed by atoms with Crippen LogP contribution in [0.2, 0.25) is 16.6 Å². The molecule has 0 fully saturated rings. The van der Waals surface area contributed by atoms with E-state index in [9.17, 15) is 0 Å². The molecule has 0 aromatic heterocycles. The zero-order valence-corrected chi connectivity index (χ0v) is 18.1. The standard InChI is InChI=1S/C21H38NSi/c1-14(2)19-12-11-13-20(15(3)4)21(19)22-23(16(5)6,17(7)8)18(9)10/h11-18H,1-10H3/q-1. The quantitative estimate of drug-likeness (QED) is 0.448. The first kappa shape index (κ1) is 20.3. The Balaban J connectivity index is 3.55. The molecule has 0 N–H and O–H groups in total. The van der Waals surface area contributed by atoms with Crippen molar-refractivity contribution in [3.8, 4) is 0 Å². The number of hydrogen-bond donors (Lipinski definition) is 0. The van der Waals surface area contributed by atoms with E-state index in [2.05, 4.69) is 87.4 Å². The van der Waals surface area contributed by atoms with Gasteiger partial charge in [0, 0.05) is 0 Å². The van der Waals surface area contributed by atoms with Crippen LogP contribution >= 0.6 is 0 Å². The SMILES string of the molecule is CC(C)c1cccc(C(C)C)c1[N-][Si](C(C)C)(C(C)C)C(C)C. The van der Waals surface area contributed by atoms with Gasteiger partial charge < -0.3 is 4.98 Å². The van der Waals surface area contributed by atoms with Crippen molar-refractivity contribution in [2.24, 2.45) is 0 Å². The average Bonchev–Trinajstić information content (AvgIpc) is 2.42. The Labute approximate surface area is 146 Å². The van der Waals surface area contributed by atoms with Gasteiger partial charge in [-0.3, -0.25) is 0 Å². The van der Waals surface area contributed by atoms with Crippen molar-refractivity contribution in [3.63, 3.8) is 0 Å². The van der Waals surface area contributed by atoms with Crippen molar-refractivity contribution >= 4 is 13.9 Å². The van der Waals surface area contributed by atoms with Gasteiger partial charge in [-0.2, -0.15) is 0 Å². The monoisotopic (exact) mass is 332 g/mol. The second kappa shape index (κ2) is 7.87. The van der Waals surface area contributed by atoms with E-state index in [0.29, 0.717) is 28.5 Å². The van der Waals surface area contributed by atoms with Gasteiger partial charge in [0.25, 0.3) is 0 Å². The second-order valence-electron chi connectivity index (χ2n) is 8.56. The van der Waals surface area contributed by atoms with E-state index < -0.39 is 8.24 Å². The fourth-order valence-corrected chi connectivity index (χ4v) is 9.64. The molecule has 0 saturated heterocycles. The summed E-state index contributed by atoms with van der Waals surface area (Å²) in [4.78, 5) is 5.67. The second-order valence-corrected chi connectivity index (χ2v) is 14.0. The number of hydrogen-bond acceptors (Lipinski definition) is 0. The van der Waals surface area contributed by atoms with Crippen molar-refractivity contribution in [1.29, 1.82) is 0 Å². The topological polar surface area (TPSA) is 14.1 Å². The minimum Gasteiger partial charge on any atom is -0.686 e. The van der Waals surface area contributed by atoms with Gasteiger partial charge in [-0.15, -0.1) is 5.69 Å². The fraction of sp³-hybridized carbons (Fsp3) is 0.714. The first-order chi connectivity index (χ1) is 10.6. The Bertz CT molecular complexity index is 453. The normalized spacial score (nSPS) is 13.0. The molecule has 0 atom stereocenters. The van der Waals surface area contributed by atoms with Gasteiger partial charge in [0.15, 0.2) is 0 Å². The summed E-state index contributed by atoms with van der Waals surface area (Å²) in [6, 6.07) is 6.79. The highest BCUT2D eigenvalue weighted by atomic mass is 28.3. The Kier molecular flexibility index (Phi) is 6.94. The number of rotatable bonds is 7. The molecule has 1 nitrogen and oxygen atoms in total. The smallest absolute Gasteiger partial charge is 0.0231 e. The predicted molar refractivity (Wildman–Crippen MR) is 109 cm³/mol. The van der Waals surface area contributed by atoms with Gasteiger partial charge >= 0.3 is 0 Å². The highest BCUT2D eigenvalue weighted by molar-refractivity contribution is 6.88. The molecule has 0 radical (unpaired) electrons. The maximum atomic E-state index is 5.67. The van der Waals surface area contributed by atoms with E-state index in [1.54, 1.807) is 0 Å². The maximum Gasteiger partial charge on any atom is -0.0231 e. The molecule has 0 saturated carbocycles. The molecule has 132 valence electrons. The van der Waals surface area contributed by atoms with E-state index in [1.165, 1.54) is 16.8 Å². The molecule has 0 aliphatic carbocycles. The third kappa shape index (κ3) is 4.02. The lowest BCUT2D eigenvalue weighted by Crippen LogP contribution is -2.43. The lowest BCUT2D eigenvalue weighted by Gasteiger charge is -2.57. The molecule has 2 heteroatoms. The zero-order valence-electron chi connectivity index (χ0n) is 17.1. The van der Waals surface area contributed by atoms with Crippen LogP contribution in [0.4, 0.5) is 5.69 Å². The Hall–Kier alpha value is -0.763. The van der Waals surface area contributed by atoms with Gasteiger partial charge in [-0.05, 0) is 20.1 Å². The minimum atomic E-state index is -1.80. The van der Waals surface area contributed by atoms with Crippen LogP contribution in [0, 0.1) is 0 Å². The van der Waals surface area contributed by atoms with Crippen LogP contribution in [-0.2, 0) is 0 Å². The largest absolute Gasteiger partial charge is 0.686 e. The van der Waals surface area contributed by atoms with Crippen molar-refractivity contribution in [2.75, 3.05) is 0 Å². The molecular formula is C21H38NSi-. The van der Waals surface area contributed by atoms with Crippen molar-refractivity contribution in [3.05, 3.63) is 34.3 Å². The first-order valence-electron chi connectivity index (χ1n) is 9.41. The van der Waals surface area contributed by atoms with E-state index in [4.69, 9.17) is 4.98 Å². The molecule has 1 rings (SSSR count). The summed E-state index contributed by atoms with van der Waals surface area (Å²) in [5.74, 6) is 1.04. The summed E-state index contributed by atoms with van der Waals surface area (Å²) in [6.45, 7) is 23.5. The summed E-state index contributed by atoms with van der Waals surface area (Å²) in [7, 11) is -1.80. The molecule has 0 aliphatic rings. The van der Waals surface area contributed by atoms with Gasteiger partial charge in [0.1, 0.15) is 0 Å². The number of benzene rings is 1. The van der Waals surface area contributed by atoms with Crippen LogP contribution < -0.4 is 0 Å². The van der Waals surface area contributed by atoms with E-state index in [1.807, 2.05) is 0 Å². The summed E-state index contributed by atoms with van der Waals surface area (Å²) < 4.78 is 0. The average molecular weight is 333 g/mol. The molecule has 0 amide bonds. The van der Waals surface area contributed by atoms with Crippen LogP contribution in [0.1, 0.15) is 92.2 Å². The molecule has 0 aliphatic heterocycles. The maximum absolute atomic E-state index is 5.67. The number of nitrogens with zero attached hydrogens (tertiary/aromatic N) is 1. The Morgan fingerprint density at radius 2 is 1.00 bits per heavy atom. The van der Waals surface area contributed by atoms with Crippen LogP contribution in [-0.4, -0.2) is 8.24 Å². The van der Waals surface area contributed by atoms with E-state index in [0.717, 1.165) is 0 Å². The first-order valence-corrected chi connectivity index (χ1v) is 11.6. The molecular weight excluding hydrogens is 294 g/mol. The van der Waals surface area contributed by atoms with E-state index >= 15 is 0 Å². The van der Waals surface area contributed by atoms with Gasteiger partial charge in [0.2, 0.25) is 0 Å². The predicted octanol–water partition coefficient (Wildman–Crippen LogP) is 8.11. The van der Waals surface area contributed by atoms with Crippen LogP contribution in [0.15, 0.2) is 18.2 Å². The summed E-state index contributed by atoms with van der Waals surface area (Å²) >= 11 is 0. The van der Waals surface area contributed by atoms with Gasteiger partial charge in [-0.25, -0.2) is 0 Å². The lowest BCUT2D eigenvalue weighted by molar-refractivity contribution is 0.817. The molecule has 1 aromatic rings. The van der Waals surface area contributed by atoms with Gasteiger partial charge in [-0.1, -0.05) is 115 Å². The Morgan fingerprint density at radius 3 is 1.26 bits per heavy atom. The molecule has 23 heavy (non-hydrogen) atoms. The lowest BCUT2D eigenvalue weighted by atomic mass is 9.93. The highest BCUT2D eigenvalue weighted by Crippen LogP contribution is 2.51. The summed E-state index contributed by atoms with van der Waals surface area (Å²) in [6.07, 6.45) is 0. The van der Waals surface area contributed by atoms with Crippen LogP contribution in [0.5, 0.6) is 0 Å². The van der Waals surface area contributed by atoms with Crippen molar-refractivity contribution in [1.82, 2.24) is 0 Å². The third-order valence-electron chi connectivity index (χ3n) is 5.42. The zero-order chi connectivity index (χ0) is 17.9. The Morgan fingerprint density at radius 1 is 0.652 bits per heavy atom. The van der Waals surface area contributed by atoms with E-state index in [-0.39, 0.29) is 0 Å². The van der Waals surface area contributed by atoms with Gasteiger partial charge in [0.05, 0.1) is 0 Å². The molecule has 1 aromatic carbocycles. The fourth-order valence-electron chi connectivity index (χ4n) is 4.22. The summed E-state index contributed by atoms with van der Waals surface area (Å²) in [5, 5.41) is 0. The highest BCUT2D eigenvalue weighted by Gasteiger charge is 2.34. The molecule has 0 bridgehead atoms. The minimum absolute atomic E-state index is 0.519. The van der Waals surface area contributed by atoms with Crippen LogP contribution in [0.3, 0.4) is 0 Å². The molecule has 0 spiro atoms. The molecule has 0 heterocycles. The van der Waals surface area contributed by atoms with Crippen LogP contribution in [0.25, 0.3) is 4.98 Å².